The van der Waals surface area contributed by atoms with Gasteiger partial charge in [-0.15, -0.1) is 23.1 Å². The summed E-state index contributed by atoms with van der Waals surface area (Å²) < 4.78 is 19.0. The Morgan fingerprint density at radius 2 is 1.89 bits per heavy atom. The van der Waals surface area contributed by atoms with Crippen LogP contribution in [-0.2, 0) is 9.53 Å². The number of thiophene rings is 1. The molecule has 7 heteroatoms. The average Bonchev–Trinajstić information content (AvgIpc) is 3.01. The van der Waals surface area contributed by atoms with Crippen LogP contribution in [0.25, 0.3) is 10.1 Å². The summed E-state index contributed by atoms with van der Waals surface area (Å²) in [5, 5.41) is 4.12. The predicted molar refractivity (Wildman–Crippen MR) is 108 cm³/mol. The first-order valence-corrected chi connectivity index (χ1v) is 10.3. The number of carbonyl (C=O) groups excluding carboxylic acids is 2. The smallest absolute Gasteiger partial charge is 0.341 e. The largest absolute Gasteiger partial charge is 0.462 e. The fourth-order valence-corrected chi connectivity index (χ4v) is 4.48. The summed E-state index contributed by atoms with van der Waals surface area (Å²) in [6, 6.07) is 13.6. The monoisotopic (exact) mass is 403 g/mol. The molecule has 0 bridgehead atoms. The molecule has 3 aromatic rings. The summed E-state index contributed by atoms with van der Waals surface area (Å²) in [7, 11) is 0. The number of amides is 1. The van der Waals surface area contributed by atoms with Crippen molar-refractivity contribution in [2.24, 2.45) is 0 Å². The number of thioether (sulfide) groups is 1. The van der Waals surface area contributed by atoms with Crippen molar-refractivity contribution in [1.82, 2.24) is 0 Å². The molecule has 1 amide bonds. The summed E-state index contributed by atoms with van der Waals surface area (Å²) in [4.78, 5) is 25.6. The number of rotatable bonds is 7. The number of hydrogen-bond donors (Lipinski definition) is 1. The third kappa shape index (κ3) is 4.87. The lowest BCUT2D eigenvalue weighted by molar-refractivity contribution is -0.115. The van der Waals surface area contributed by atoms with Gasteiger partial charge in [0, 0.05) is 27.2 Å². The maximum atomic E-state index is 12.9. The van der Waals surface area contributed by atoms with Gasteiger partial charge in [0.1, 0.15) is 16.4 Å². The van der Waals surface area contributed by atoms with Gasteiger partial charge in [0.15, 0.2) is 0 Å². The van der Waals surface area contributed by atoms with E-state index in [1.54, 1.807) is 19.1 Å². The van der Waals surface area contributed by atoms with Crippen LogP contribution in [0.1, 0.15) is 23.7 Å². The van der Waals surface area contributed by atoms with E-state index < -0.39 is 5.97 Å². The van der Waals surface area contributed by atoms with Gasteiger partial charge in [-0.05, 0) is 37.3 Å². The van der Waals surface area contributed by atoms with E-state index in [0.29, 0.717) is 16.3 Å². The van der Waals surface area contributed by atoms with Gasteiger partial charge in [0.2, 0.25) is 5.91 Å². The summed E-state index contributed by atoms with van der Waals surface area (Å²) in [5.74, 6) is -0.349. The number of anilines is 1. The summed E-state index contributed by atoms with van der Waals surface area (Å²) in [5.41, 5.74) is 0.400. The zero-order chi connectivity index (χ0) is 19.2. The molecule has 0 aliphatic heterocycles. The van der Waals surface area contributed by atoms with E-state index in [4.69, 9.17) is 4.74 Å². The van der Waals surface area contributed by atoms with E-state index in [1.165, 1.54) is 35.2 Å². The van der Waals surface area contributed by atoms with Crippen LogP contribution in [0.5, 0.6) is 0 Å². The molecule has 3 rings (SSSR count). The first-order valence-electron chi connectivity index (χ1n) is 8.45. The van der Waals surface area contributed by atoms with Gasteiger partial charge in [0.25, 0.3) is 0 Å². The van der Waals surface area contributed by atoms with E-state index in [9.17, 15) is 14.0 Å². The topological polar surface area (TPSA) is 55.4 Å². The molecule has 1 aromatic heterocycles. The second-order valence-corrected chi connectivity index (χ2v) is 7.84. The molecule has 0 saturated heterocycles. The first-order chi connectivity index (χ1) is 13.1. The Bertz CT molecular complexity index is 954. The zero-order valence-electron chi connectivity index (χ0n) is 14.7. The molecule has 0 radical (unpaired) electrons. The van der Waals surface area contributed by atoms with Gasteiger partial charge in [-0.25, -0.2) is 9.18 Å². The average molecular weight is 404 g/mol. The van der Waals surface area contributed by atoms with Crippen LogP contribution in [0.3, 0.4) is 0 Å². The Hall–Kier alpha value is -2.38. The molecular weight excluding hydrogens is 385 g/mol. The van der Waals surface area contributed by atoms with E-state index in [0.717, 1.165) is 15.0 Å². The Kier molecular flexibility index (Phi) is 6.47. The summed E-state index contributed by atoms with van der Waals surface area (Å²) >= 11 is 2.83. The standard InChI is InChI=1S/C20H18FNO3S2/c1-2-25-20(24)18-15-5-3-4-6-16(15)27-19(18)22-17(23)11-12-26-14-9-7-13(21)8-10-14/h3-10H,2,11-12H2,1H3,(H,22,23). The van der Waals surface area contributed by atoms with Crippen molar-refractivity contribution < 1.29 is 18.7 Å². The van der Waals surface area contributed by atoms with Gasteiger partial charge in [-0.3, -0.25) is 4.79 Å². The van der Waals surface area contributed by atoms with Crippen molar-refractivity contribution in [3.8, 4) is 0 Å². The molecule has 0 unspecified atom stereocenters. The minimum atomic E-state index is -0.439. The number of halogens is 1. The van der Waals surface area contributed by atoms with E-state index in [1.807, 2.05) is 24.3 Å². The fraction of sp³-hybridized carbons (Fsp3) is 0.200. The molecule has 0 aliphatic rings. The minimum absolute atomic E-state index is 0.179. The van der Waals surface area contributed by atoms with Crippen LogP contribution in [-0.4, -0.2) is 24.2 Å². The highest BCUT2D eigenvalue weighted by Gasteiger charge is 2.21. The SMILES string of the molecule is CCOC(=O)c1c(NC(=O)CCSc2ccc(F)cc2)sc2ccccc12. The zero-order valence-corrected chi connectivity index (χ0v) is 16.3. The fourth-order valence-electron chi connectivity index (χ4n) is 2.52. The van der Waals surface area contributed by atoms with Gasteiger partial charge >= 0.3 is 5.97 Å². The molecule has 140 valence electrons. The Labute approximate surface area is 164 Å². The summed E-state index contributed by atoms with van der Waals surface area (Å²) in [6.07, 6.45) is 0.276. The van der Waals surface area contributed by atoms with Crippen molar-refractivity contribution in [2.75, 3.05) is 17.7 Å². The molecule has 1 N–H and O–H groups in total. The van der Waals surface area contributed by atoms with Crippen molar-refractivity contribution in [1.29, 1.82) is 0 Å². The second-order valence-electron chi connectivity index (χ2n) is 5.62. The normalized spacial score (nSPS) is 10.7. The maximum absolute atomic E-state index is 12.9. The number of benzene rings is 2. The van der Waals surface area contributed by atoms with Crippen molar-refractivity contribution in [3.63, 3.8) is 0 Å². The number of fused-ring (bicyclic) bond motifs is 1. The van der Waals surface area contributed by atoms with E-state index in [2.05, 4.69) is 5.32 Å². The lowest BCUT2D eigenvalue weighted by Crippen LogP contribution is -2.14. The highest BCUT2D eigenvalue weighted by molar-refractivity contribution is 7.99. The van der Waals surface area contributed by atoms with Crippen LogP contribution in [0.2, 0.25) is 0 Å². The molecule has 0 atom stereocenters. The molecule has 0 fully saturated rings. The minimum Gasteiger partial charge on any atom is -0.462 e. The Balaban J connectivity index is 1.68. The van der Waals surface area contributed by atoms with Crippen LogP contribution < -0.4 is 5.32 Å². The molecule has 0 saturated carbocycles. The van der Waals surface area contributed by atoms with Crippen molar-refractivity contribution in [2.45, 2.75) is 18.2 Å². The quantitative estimate of drug-likeness (QED) is 0.427. The van der Waals surface area contributed by atoms with E-state index in [-0.39, 0.29) is 24.8 Å². The molecule has 2 aromatic carbocycles. The van der Waals surface area contributed by atoms with Gasteiger partial charge < -0.3 is 10.1 Å². The molecule has 0 spiro atoms. The lowest BCUT2D eigenvalue weighted by Gasteiger charge is -2.07. The molecular formula is C20H18FNO3S2. The maximum Gasteiger partial charge on any atom is 0.341 e. The number of carbonyl (C=O) groups is 2. The van der Waals surface area contributed by atoms with Gasteiger partial charge in [0.05, 0.1) is 6.61 Å². The highest BCUT2D eigenvalue weighted by atomic mass is 32.2. The van der Waals surface area contributed by atoms with Crippen molar-refractivity contribution >= 4 is 50.1 Å². The Morgan fingerprint density at radius 3 is 2.63 bits per heavy atom. The lowest BCUT2D eigenvalue weighted by atomic mass is 10.1. The molecule has 4 nitrogen and oxygen atoms in total. The van der Waals surface area contributed by atoms with Crippen LogP contribution in [0, 0.1) is 5.82 Å². The highest BCUT2D eigenvalue weighted by Crippen LogP contribution is 2.36. The number of esters is 1. The van der Waals surface area contributed by atoms with Crippen LogP contribution in [0.15, 0.2) is 53.4 Å². The molecule has 27 heavy (non-hydrogen) atoms. The number of ether oxygens (including phenoxy) is 1. The van der Waals surface area contributed by atoms with Gasteiger partial charge in [-0.2, -0.15) is 0 Å². The van der Waals surface area contributed by atoms with Gasteiger partial charge in [-0.1, -0.05) is 18.2 Å². The predicted octanol–water partition coefficient (Wildman–Crippen LogP) is 5.34. The number of hydrogen-bond acceptors (Lipinski definition) is 5. The third-order valence-corrected chi connectivity index (χ3v) is 5.84. The second kappa shape index (κ2) is 9.01. The summed E-state index contributed by atoms with van der Waals surface area (Å²) in [6.45, 7) is 2.02. The number of nitrogens with one attached hydrogen (secondary N) is 1. The molecule has 0 aliphatic carbocycles. The van der Waals surface area contributed by atoms with Crippen LogP contribution in [0.4, 0.5) is 9.39 Å². The van der Waals surface area contributed by atoms with Crippen LogP contribution >= 0.6 is 23.1 Å². The Morgan fingerprint density at radius 1 is 1.15 bits per heavy atom. The van der Waals surface area contributed by atoms with Crippen molar-refractivity contribution in [3.05, 3.63) is 59.9 Å². The first kappa shape index (κ1) is 19.4. The molecule has 1 heterocycles. The third-order valence-electron chi connectivity index (χ3n) is 3.74. The van der Waals surface area contributed by atoms with E-state index >= 15 is 0 Å².